The van der Waals surface area contributed by atoms with Gasteiger partial charge in [0.05, 0.1) is 5.52 Å². The van der Waals surface area contributed by atoms with E-state index in [2.05, 4.69) is 4.98 Å². The van der Waals surface area contributed by atoms with Gasteiger partial charge in [-0.25, -0.2) is 8.78 Å². The third kappa shape index (κ3) is 1.71. The molecule has 0 saturated carbocycles. The Hall–Kier alpha value is -1.51. The van der Waals surface area contributed by atoms with Crippen molar-refractivity contribution in [2.75, 3.05) is 0 Å². The molecule has 2 rings (SSSR count). The second-order valence-corrected chi connectivity index (χ2v) is 3.08. The number of hydrogen-bond acceptors (Lipinski definition) is 1. The first kappa shape index (κ1) is 9.06. The third-order valence-corrected chi connectivity index (χ3v) is 2.11. The first-order valence-electron chi connectivity index (χ1n) is 4.38. The summed E-state index contributed by atoms with van der Waals surface area (Å²) in [7, 11) is 0. The van der Waals surface area contributed by atoms with Gasteiger partial charge in [0.1, 0.15) is 0 Å². The minimum atomic E-state index is -2.30. The van der Waals surface area contributed by atoms with E-state index in [1.807, 2.05) is 12.1 Å². The molecule has 2 aromatic rings. The predicted molar refractivity (Wildman–Crippen MR) is 51.5 cm³/mol. The van der Waals surface area contributed by atoms with Crippen LogP contribution in [0.4, 0.5) is 8.78 Å². The molecule has 1 nitrogen and oxygen atoms in total. The smallest absolute Gasteiger partial charge is 0.242 e. The van der Waals surface area contributed by atoms with Crippen LogP contribution in [0.25, 0.3) is 10.9 Å². The normalized spacial score (nSPS) is 11.1. The molecule has 3 heteroatoms. The van der Waals surface area contributed by atoms with E-state index in [0.717, 1.165) is 10.9 Å². The highest BCUT2D eigenvalue weighted by molar-refractivity contribution is 5.81. The van der Waals surface area contributed by atoms with Crippen molar-refractivity contribution in [3.05, 3.63) is 42.1 Å². The monoisotopic (exact) mass is 193 g/mol. The Morgan fingerprint density at radius 2 is 2.00 bits per heavy atom. The number of halogens is 2. The van der Waals surface area contributed by atoms with Crippen molar-refractivity contribution in [3.8, 4) is 0 Å². The van der Waals surface area contributed by atoms with Gasteiger partial charge in [0.2, 0.25) is 6.43 Å². The van der Waals surface area contributed by atoms with E-state index in [-0.39, 0.29) is 6.42 Å². The quantitative estimate of drug-likeness (QED) is 0.714. The summed E-state index contributed by atoms with van der Waals surface area (Å²) in [5, 5.41) is 0.815. The van der Waals surface area contributed by atoms with Gasteiger partial charge in [-0.2, -0.15) is 0 Å². The minimum absolute atomic E-state index is 0.205. The summed E-state index contributed by atoms with van der Waals surface area (Å²) < 4.78 is 24.5. The summed E-state index contributed by atoms with van der Waals surface area (Å²) in [5.74, 6) is 0. The van der Waals surface area contributed by atoms with Gasteiger partial charge in [0.15, 0.2) is 0 Å². The maximum Gasteiger partial charge on any atom is 0.242 e. The van der Waals surface area contributed by atoms with Gasteiger partial charge in [-0.15, -0.1) is 0 Å². The van der Waals surface area contributed by atoms with Crippen LogP contribution in [0.2, 0.25) is 0 Å². The Labute approximate surface area is 80.4 Å². The minimum Gasteiger partial charge on any atom is -0.256 e. The molecule has 0 aliphatic rings. The van der Waals surface area contributed by atoms with Crippen molar-refractivity contribution in [1.29, 1.82) is 0 Å². The maximum atomic E-state index is 12.2. The molecule has 0 fully saturated rings. The Bertz CT molecular complexity index is 435. The number of fused-ring (bicyclic) bond motifs is 1. The molecule has 72 valence electrons. The Morgan fingerprint density at radius 1 is 1.14 bits per heavy atom. The number of pyridine rings is 1. The van der Waals surface area contributed by atoms with Crippen LogP contribution in [-0.2, 0) is 6.42 Å². The molecular weight excluding hydrogens is 184 g/mol. The molecular formula is C11H9F2N. The van der Waals surface area contributed by atoms with Crippen LogP contribution in [0.3, 0.4) is 0 Å². The second kappa shape index (κ2) is 3.70. The number of rotatable bonds is 2. The van der Waals surface area contributed by atoms with Crippen molar-refractivity contribution in [1.82, 2.24) is 4.98 Å². The zero-order valence-corrected chi connectivity index (χ0v) is 7.45. The number of aromatic nitrogens is 1. The summed E-state index contributed by atoms with van der Waals surface area (Å²) in [6, 6.07) is 8.88. The van der Waals surface area contributed by atoms with E-state index >= 15 is 0 Å². The number of benzene rings is 1. The van der Waals surface area contributed by atoms with E-state index in [1.165, 1.54) is 0 Å². The molecule has 0 bridgehead atoms. The lowest BCUT2D eigenvalue weighted by atomic mass is 10.1. The maximum absolute atomic E-state index is 12.2. The first-order valence-corrected chi connectivity index (χ1v) is 4.38. The molecule has 0 N–H and O–H groups in total. The van der Waals surface area contributed by atoms with Crippen LogP contribution >= 0.6 is 0 Å². The van der Waals surface area contributed by atoms with Gasteiger partial charge in [-0.05, 0) is 17.7 Å². The summed E-state index contributed by atoms with van der Waals surface area (Å²) in [5.41, 5.74) is 1.43. The van der Waals surface area contributed by atoms with Crippen LogP contribution in [0.1, 0.15) is 5.56 Å². The Morgan fingerprint density at radius 3 is 2.79 bits per heavy atom. The standard InChI is InChI=1S/C11H9F2N/c12-11(13)7-8-3-1-5-10-9(8)4-2-6-14-10/h1-6,11H,7H2. The average Bonchev–Trinajstić information content (AvgIpc) is 2.18. The largest absolute Gasteiger partial charge is 0.256 e. The Balaban J connectivity index is 2.53. The SMILES string of the molecule is FC(F)Cc1cccc2ncccc12. The molecule has 1 aromatic heterocycles. The van der Waals surface area contributed by atoms with Crippen molar-refractivity contribution >= 4 is 10.9 Å². The van der Waals surface area contributed by atoms with Crippen LogP contribution in [-0.4, -0.2) is 11.4 Å². The van der Waals surface area contributed by atoms with Crippen LogP contribution in [0.15, 0.2) is 36.5 Å². The number of nitrogens with zero attached hydrogens (tertiary/aromatic N) is 1. The van der Waals surface area contributed by atoms with Crippen LogP contribution in [0.5, 0.6) is 0 Å². The van der Waals surface area contributed by atoms with Crippen molar-refractivity contribution in [2.45, 2.75) is 12.8 Å². The van der Waals surface area contributed by atoms with Gasteiger partial charge in [-0.1, -0.05) is 18.2 Å². The topological polar surface area (TPSA) is 12.9 Å². The van der Waals surface area contributed by atoms with Gasteiger partial charge in [0, 0.05) is 18.0 Å². The second-order valence-electron chi connectivity index (χ2n) is 3.08. The van der Waals surface area contributed by atoms with Crippen molar-refractivity contribution < 1.29 is 8.78 Å². The summed E-state index contributed by atoms with van der Waals surface area (Å²) in [6.45, 7) is 0. The highest BCUT2D eigenvalue weighted by Gasteiger charge is 2.07. The van der Waals surface area contributed by atoms with E-state index in [1.54, 1.807) is 24.4 Å². The molecule has 0 radical (unpaired) electrons. The lowest BCUT2D eigenvalue weighted by molar-refractivity contribution is 0.149. The summed E-state index contributed by atoms with van der Waals surface area (Å²) >= 11 is 0. The van der Waals surface area contributed by atoms with E-state index in [0.29, 0.717) is 5.56 Å². The highest BCUT2D eigenvalue weighted by Crippen LogP contribution is 2.18. The zero-order chi connectivity index (χ0) is 9.97. The fourth-order valence-electron chi connectivity index (χ4n) is 1.51. The van der Waals surface area contributed by atoms with Crippen molar-refractivity contribution in [3.63, 3.8) is 0 Å². The summed E-state index contributed by atoms with van der Waals surface area (Å²) in [4.78, 5) is 4.10. The molecule has 1 heterocycles. The third-order valence-electron chi connectivity index (χ3n) is 2.11. The van der Waals surface area contributed by atoms with Crippen molar-refractivity contribution in [2.24, 2.45) is 0 Å². The predicted octanol–water partition coefficient (Wildman–Crippen LogP) is 3.04. The summed E-state index contributed by atoms with van der Waals surface area (Å²) in [6.07, 6.45) is -0.849. The molecule has 1 aromatic carbocycles. The lowest BCUT2D eigenvalue weighted by Crippen LogP contribution is -1.97. The molecule has 0 spiro atoms. The lowest BCUT2D eigenvalue weighted by Gasteiger charge is -2.04. The van der Waals surface area contributed by atoms with Gasteiger partial charge in [0.25, 0.3) is 0 Å². The molecule has 0 aliphatic heterocycles. The average molecular weight is 193 g/mol. The van der Waals surface area contributed by atoms with Crippen LogP contribution < -0.4 is 0 Å². The molecule has 0 amide bonds. The molecule has 0 aliphatic carbocycles. The molecule has 0 unspecified atom stereocenters. The molecule has 0 atom stereocenters. The first-order chi connectivity index (χ1) is 6.77. The number of hydrogen-bond donors (Lipinski definition) is 0. The molecule has 0 saturated heterocycles. The van der Waals surface area contributed by atoms with Gasteiger partial charge >= 0.3 is 0 Å². The fraction of sp³-hybridized carbons (Fsp3) is 0.182. The van der Waals surface area contributed by atoms with Gasteiger partial charge < -0.3 is 0 Å². The van der Waals surface area contributed by atoms with E-state index in [4.69, 9.17) is 0 Å². The zero-order valence-electron chi connectivity index (χ0n) is 7.45. The van der Waals surface area contributed by atoms with Crippen LogP contribution in [0, 0.1) is 0 Å². The fourth-order valence-corrected chi connectivity index (χ4v) is 1.51. The van der Waals surface area contributed by atoms with E-state index in [9.17, 15) is 8.78 Å². The highest BCUT2D eigenvalue weighted by atomic mass is 19.3. The van der Waals surface area contributed by atoms with Gasteiger partial charge in [-0.3, -0.25) is 4.98 Å². The Kier molecular flexibility index (Phi) is 2.39. The van der Waals surface area contributed by atoms with E-state index < -0.39 is 6.43 Å². The molecule has 14 heavy (non-hydrogen) atoms. The number of alkyl halides is 2.